The molecule has 15 heavy (non-hydrogen) atoms. The molecule has 3 heteroatoms. The van der Waals surface area contributed by atoms with Crippen LogP contribution in [0.15, 0.2) is 29.2 Å². The summed E-state index contributed by atoms with van der Waals surface area (Å²) in [6, 6.07) is 2.05. The molecular formula is C12H13NOS. The van der Waals surface area contributed by atoms with E-state index in [4.69, 9.17) is 5.73 Å². The van der Waals surface area contributed by atoms with Crippen LogP contribution in [0.25, 0.3) is 5.57 Å². The lowest BCUT2D eigenvalue weighted by Crippen LogP contribution is -2.03. The summed E-state index contributed by atoms with van der Waals surface area (Å²) >= 11 is 1.69. The smallest absolute Gasteiger partial charge is 0.159 e. The van der Waals surface area contributed by atoms with E-state index in [2.05, 4.69) is 0 Å². The van der Waals surface area contributed by atoms with Gasteiger partial charge in [0.1, 0.15) is 0 Å². The van der Waals surface area contributed by atoms with Gasteiger partial charge in [0.2, 0.25) is 0 Å². The topological polar surface area (TPSA) is 43.1 Å². The van der Waals surface area contributed by atoms with Gasteiger partial charge in [-0.05, 0) is 35.6 Å². The van der Waals surface area contributed by atoms with E-state index in [1.165, 1.54) is 10.5 Å². The molecule has 2 rings (SSSR count). The maximum absolute atomic E-state index is 11.2. The average Bonchev–Trinajstić information content (AvgIpc) is 2.65. The first-order valence-electron chi connectivity index (χ1n) is 4.90. The Morgan fingerprint density at radius 1 is 1.47 bits per heavy atom. The van der Waals surface area contributed by atoms with Gasteiger partial charge in [-0.3, -0.25) is 4.79 Å². The van der Waals surface area contributed by atoms with Gasteiger partial charge in [0.05, 0.1) is 0 Å². The predicted molar refractivity (Wildman–Crippen MR) is 63.6 cm³/mol. The van der Waals surface area contributed by atoms with Crippen LogP contribution < -0.4 is 5.73 Å². The molecule has 1 aromatic rings. The maximum atomic E-state index is 11.2. The molecule has 78 valence electrons. The summed E-state index contributed by atoms with van der Waals surface area (Å²) in [5.41, 5.74) is 9.14. The summed E-state index contributed by atoms with van der Waals surface area (Å²) in [5.74, 6) is 0.183. The molecule has 0 saturated heterocycles. The van der Waals surface area contributed by atoms with Crippen molar-refractivity contribution < 1.29 is 4.79 Å². The molecule has 0 amide bonds. The number of hydrogen-bond donors (Lipinski definition) is 1. The van der Waals surface area contributed by atoms with Crippen molar-refractivity contribution in [1.29, 1.82) is 0 Å². The van der Waals surface area contributed by atoms with E-state index in [1.807, 2.05) is 24.4 Å². The van der Waals surface area contributed by atoms with Crippen molar-refractivity contribution in [2.24, 2.45) is 5.73 Å². The van der Waals surface area contributed by atoms with Crippen LogP contribution in [0.5, 0.6) is 0 Å². The Kier molecular flexibility index (Phi) is 2.84. The van der Waals surface area contributed by atoms with Gasteiger partial charge >= 0.3 is 0 Å². The van der Waals surface area contributed by atoms with Crippen molar-refractivity contribution in [2.75, 3.05) is 0 Å². The lowest BCUT2D eigenvalue weighted by atomic mass is 9.95. The van der Waals surface area contributed by atoms with Crippen molar-refractivity contribution in [3.63, 3.8) is 0 Å². The Labute approximate surface area is 93.1 Å². The van der Waals surface area contributed by atoms with E-state index >= 15 is 0 Å². The van der Waals surface area contributed by atoms with E-state index in [1.54, 1.807) is 17.4 Å². The third-order valence-electron chi connectivity index (χ3n) is 2.55. The number of rotatable bonds is 2. The number of carbonyl (C=O) groups excluding carboxylic acids is 1. The molecule has 1 heterocycles. The number of carbonyl (C=O) groups is 1. The molecule has 0 radical (unpaired) electrons. The van der Waals surface area contributed by atoms with Crippen LogP contribution in [-0.2, 0) is 11.3 Å². The fourth-order valence-corrected chi connectivity index (χ4v) is 2.78. The predicted octanol–water partition coefficient (Wildman–Crippen LogP) is 2.51. The highest BCUT2D eigenvalue weighted by Gasteiger charge is 2.14. The van der Waals surface area contributed by atoms with E-state index in [9.17, 15) is 4.79 Å². The highest BCUT2D eigenvalue weighted by molar-refractivity contribution is 7.11. The van der Waals surface area contributed by atoms with E-state index < -0.39 is 0 Å². The molecule has 0 saturated carbocycles. The molecule has 1 aromatic heterocycles. The summed E-state index contributed by atoms with van der Waals surface area (Å²) < 4.78 is 0. The van der Waals surface area contributed by atoms with Crippen LogP contribution in [0, 0.1) is 0 Å². The minimum absolute atomic E-state index is 0.183. The Bertz CT molecular complexity index is 454. The second-order valence-corrected chi connectivity index (χ2v) is 4.57. The van der Waals surface area contributed by atoms with Gasteiger partial charge in [0.15, 0.2) is 5.78 Å². The van der Waals surface area contributed by atoms with Crippen LogP contribution in [0.4, 0.5) is 0 Å². The fraction of sp³-hybridized carbons (Fsp3) is 0.250. The number of hydrogen-bond acceptors (Lipinski definition) is 3. The van der Waals surface area contributed by atoms with Gasteiger partial charge < -0.3 is 5.73 Å². The largest absolute Gasteiger partial charge is 0.326 e. The molecule has 0 aromatic carbocycles. The van der Waals surface area contributed by atoms with Crippen LogP contribution >= 0.6 is 11.3 Å². The highest BCUT2D eigenvalue weighted by Crippen LogP contribution is 2.32. The molecule has 2 nitrogen and oxygen atoms in total. The minimum atomic E-state index is 0.183. The second-order valence-electron chi connectivity index (χ2n) is 3.65. The van der Waals surface area contributed by atoms with Gasteiger partial charge in [0, 0.05) is 17.8 Å². The van der Waals surface area contributed by atoms with Crippen LogP contribution in [0.2, 0.25) is 0 Å². The Morgan fingerprint density at radius 2 is 2.27 bits per heavy atom. The molecule has 0 unspecified atom stereocenters. The molecule has 1 aliphatic rings. The van der Waals surface area contributed by atoms with E-state index in [0.29, 0.717) is 13.0 Å². The lowest BCUT2D eigenvalue weighted by Gasteiger charge is -2.11. The second kappa shape index (κ2) is 4.13. The third-order valence-corrected chi connectivity index (χ3v) is 3.54. The van der Waals surface area contributed by atoms with Crippen molar-refractivity contribution in [3.05, 3.63) is 39.6 Å². The molecule has 0 aliphatic heterocycles. The molecule has 1 aliphatic carbocycles. The summed E-state index contributed by atoms with van der Waals surface area (Å²) in [5, 5.41) is 2.04. The molecule has 0 spiro atoms. The number of allylic oxidation sites excluding steroid dienone is 4. The zero-order valence-electron chi connectivity index (χ0n) is 8.62. The number of ketones is 1. The quantitative estimate of drug-likeness (QED) is 0.830. The molecule has 2 N–H and O–H groups in total. The molecule has 0 atom stereocenters. The van der Waals surface area contributed by atoms with E-state index in [0.717, 1.165) is 11.1 Å². The highest BCUT2D eigenvalue weighted by atomic mass is 32.1. The molecule has 0 bridgehead atoms. The average molecular weight is 219 g/mol. The first-order chi connectivity index (χ1) is 7.22. The van der Waals surface area contributed by atoms with Gasteiger partial charge in [-0.2, -0.15) is 0 Å². The SMILES string of the molecule is CC1=C(c2sccc2CN)C=CC(=O)C1. The first kappa shape index (κ1) is 10.3. The summed E-state index contributed by atoms with van der Waals surface area (Å²) in [6.07, 6.45) is 4.10. The van der Waals surface area contributed by atoms with Crippen molar-refractivity contribution in [3.8, 4) is 0 Å². The van der Waals surface area contributed by atoms with Gasteiger partial charge in [0.25, 0.3) is 0 Å². The molecule has 0 fully saturated rings. The minimum Gasteiger partial charge on any atom is -0.326 e. The number of nitrogens with two attached hydrogens (primary N) is 1. The lowest BCUT2D eigenvalue weighted by molar-refractivity contribution is -0.114. The normalized spacial score (nSPS) is 16.3. The van der Waals surface area contributed by atoms with Crippen molar-refractivity contribution in [2.45, 2.75) is 19.9 Å². The number of thiophene rings is 1. The van der Waals surface area contributed by atoms with E-state index in [-0.39, 0.29) is 5.78 Å². The van der Waals surface area contributed by atoms with Crippen molar-refractivity contribution in [1.82, 2.24) is 0 Å². The first-order valence-corrected chi connectivity index (χ1v) is 5.78. The monoisotopic (exact) mass is 219 g/mol. The summed E-state index contributed by atoms with van der Waals surface area (Å²) in [6.45, 7) is 2.56. The van der Waals surface area contributed by atoms with Crippen LogP contribution in [0.3, 0.4) is 0 Å². The zero-order chi connectivity index (χ0) is 10.8. The standard InChI is InChI=1S/C12H13NOS/c1-8-6-10(14)2-3-11(8)12-9(7-13)4-5-15-12/h2-5H,6-7,13H2,1H3. The Balaban J connectivity index is 2.44. The Morgan fingerprint density at radius 3 is 2.93 bits per heavy atom. The zero-order valence-corrected chi connectivity index (χ0v) is 9.43. The van der Waals surface area contributed by atoms with Gasteiger partial charge in [-0.25, -0.2) is 0 Å². The van der Waals surface area contributed by atoms with Gasteiger partial charge in [-0.1, -0.05) is 11.6 Å². The van der Waals surface area contributed by atoms with Crippen molar-refractivity contribution >= 4 is 22.7 Å². The Hall–Kier alpha value is -1.19. The fourth-order valence-electron chi connectivity index (χ4n) is 1.74. The maximum Gasteiger partial charge on any atom is 0.159 e. The van der Waals surface area contributed by atoms with Crippen LogP contribution in [0.1, 0.15) is 23.8 Å². The van der Waals surface area contributed by atoms with Crippen LogP contribution in [-0.4, -0.2) is 5.78 Å². The third kappa shape index (κ3) is 1.94. The summed E-state index contributed by atoms with van der Waals surface area (Å²) in [4.78, 5) is 12.4. The van der Waals surface area contributed by atoms with Gasteiger partial charge in [-0.15, -0.1) is 11.3 Å². The summed E-state index contributed by atoms with van der Waals surface area (Å²) in [7, 11) is 0. The molecular weight excluding hydrogens is 206 g/mol.